The van der Waals surface area contributed by atoms with Gasteiger partial charge in [0.05, 0.1) is 0 Å². The van der Waals surface area contributed by atoms with Gasteiger partial charge in [-0.25, -0.2) is 9.97 Å². The molecule has 0 spiro atoms. The highest BCUT2D eigenvalue weighted by Gasteiger charge is 2.12. The molecule has 0 fully saturated rings. The third-order valence-electron chi connectivity index (χ3n) is 1.43. The van der Waals surface area contributed by atoms with E-state index in [-0.39, 0.29) is 11.6 Å². The molecule has 0 radical (unpaired) electrons. The molecular weight excluding hydrogens is 208 g/mol. The zero-order valence-electron chi connectivity index (χ0n) is 9.02. The van der Waals surface area contributed by atoms with Crippen molar-refractivity contribution in [2.24, 2.45) is 0 Å². The first-order valence-electron chi connectivity index (χ1n) is 4.62. The molecule has 2 aromatic rings. The Hall–Kier alpha value is -2.24. The van der Waals surface area contributed by atoms with Gasteiger partial charge in [-0.1, -0.05) is 0 Å². The Kier molecular flexibility index (Phi) is 4.14. The van der Waals surface area contributed by atoms with Crippen molar-refractivity contribution in [1.82, 2.24) is 19.9 Å². The molecule has 0 saturated heterocycles. The molecule has 0 atom stereocenters. The second-order valence-electron chi connectivity index (χ2n) is 3.11. The van der Waals surface area contributed by atoms with E-state index in [9.17, 15) is 9.59 Å². The summed E-state index contributed by atoms with van der Waals surface area (Å²) in [4.78, 5) is 33.8. The molecule has 0 aliphatic heterocycles. The molecule has 0 aliphatic carbocycles. The van der Waals surface area contributed by atoms with Gasteiger partial charge in [0.2, 0.25) is 0 Å². The van der Waals surface area contributed by atoms with Gasteiger partial charge in [0.15, 0.2) is 11.6 Å². The van der Waals surface area contributed by atoms with E-state index in [0.717, 1.165) is 0 Å². The maximum atomic E-state index is 11.4. The van der Waals surface area contributed by atoms with Gasteiger partial charge in [0.25, 0.3) is 5.78 Å². The number of ketones is 2. The minimum Gasteiger partial charge on any atom is -0.342 e. The molecule has 2 rings (SSSR count). The molecule has 84 valence electrons. The monoisotopic (exact) mass is 220 g/mol. The summed E-state index contributed by atoms with van der Waals surface area (Å²) in [5, 5.41) is 0. The van der Waals surface area contributed by atoms with Gasteiger partial charge >= 0.3 is 0 Å². The van der Waals surface area contributed by atoms with Crippen LogP contribution in [-0.4, -0.2) is 31.5 Å². The molecule has 0 saturated carbocycles. The van der Waals surface area contributed by atoms with Crippen LogP contribution in [0, 0.1) is 0 Å². The van der Waals surface area contributed by atoms with Crippen LogP contribution in [0.2, 0.25) is 0 Å². The molecule has 0 aromatic carbocycles. The van der Waals surface area contributed by atoms with E-state index in [1.807, 2.05) is 0 Å². The van der Waals surface area contributed by atoms with E-state index in [4.69, 9.17) is 0 Å². The second kappa shape index (κ2) is 5.59. The number of hydrogen-bond acceptors (Lipinski definition) is 4. The molecule has 6 heteroatoms. The summed E-state index contributed by atoms with van der Waals surface area (Å²) in [6.07, 6.45) is 6.23. The number of aromatic nitrogens is 4. The minimum absolute atomic E-state index is 0.167. The van der Waals surface area contributed by atoms with Crippen LogP contribution in [0.25, 0.3) is 0 Å². The lowest BCUT2D eigenvalue weighted by atomic mass is 10.3. The Labute approximate surface area is 92.1 Å². The van der Waals surface area contributed by atoms with Crippen molar-refractivity contribution < 1.29 is 9.59 Å². The lowest BCUT2D eigenvalue weighted by Crippen LogP contribution is -2.05. The summed E-state index contributed by atoms with van der Waals surface area (Å²) in [5.41, 5.74) is 0. The van der Waals surface area contributed by atoms with Crippen molar-refractivity contribution in [2.45, 2.75) is 13.8 Å². The third-order valence-corrected chi connectivity index (χ3v) is 1.43. The number of H-pyrrole nitrogens is 2. The number of carbonyl (C=O) groups excluding carboxylic acids is 2. The first-order chi connectivity index (χ1) is 7.61. The number of aromatic amines is 2. The molecule has 2 N–H and O–H groups in total. The molecule has 2 heterocycles. The minimum atomic E-state index is -0.231. The fourth-order valence-electron chi connectivity index (χ4n) is 0.891. The number of Topliss-reactive ketones (excluding diaryl/α,β-unsaturated/α-hetero) is 1. The van der Waals surface area contributed by atoms with Gasteiger partial charge in [-0.15, -0.1) is 0 Å². The van der Waals surface area contributed by atoms with E-state index in [1.54, 1.807) is 12.4 Å². The van der Waals surface area contributed by atoms with Crippen LogP contribution in [0.4, 0.5) is 0 Å². The highest BCUT2D eigenvalue weighted by Crippen LogP contribution is 1.98. The number of nitrogens with one attached hydrogen (secondary N) is 2. The molecule has 6 nitrogen and oxygen atoms in total. The number of nitrogens with zero attached hydrogens (tertiary/aromatic N) is 2. The average molecular weight is 220 g/mol. The van der Waals surface area contributed by atoms with Crippen molar-refractivity contribution in [3.05, 3.63) is 36.4 Å². The van der Waals surface area contributed by atoms with Gasteiger partial charge in [-0.2, -0.15) is 0 Å². The molecule has 0 unspecified atom stereocenters. The van der Waals surface area contributed by atoms with Crippen LogP contribution >= 0.6 is 0 Å². The second-order valence-corrected chi connectivity index (χ2v) is 3.11. The molecule has 2 aromatic heterocycles. The van der Waals surface area contributed by atoms with Crippen molar-refractivity contribution in [3.8, 4) is 0 Å². The Balaban J connectivity index is 0.000000280. The molecular formula is C10H12N4O2. The van der Waals surface area contributed by atoms with Gasteiger partial charge in [0.1, 0.15) is 5.78 Å². The standard InChI is InChI=1S/C7H6N4O.C3H6O/c12-5(6-8-1-2-9-6)7-10-3-4-11-7;1-3(2)4/h1-4H,(H,8,9)(H,10,11);1-2H3. The summed E-state index contributed by atoms with van der Waals surface area (Å²) in [7, 11) is 0. The van der Waals surface area contributed by atoms with Crippen LogP contribution in [-0.2, 0) is 4.79 Å². The van der Waals surface area contributed by atoms with E-state index < -0.39 is 0 Å². The van der Waals surface area contributed by atoms with Gasteiger partial charge in [-0.3, -0.25) is 4.79 Å². The van der Waals surface area contributed by atoms with Gasteiger partial charge < -0.3 is 14.8 Å². The number of hydrogen-bond donors (Lipinski definition) is 2. The highest BCUT2D eigenvalue weighted by molar-refractivity contribution is 6.03. The predicted molar refractivity (Wildman–Crippen MR) is 57.0 cm³/mol. The highest BCUT2D eigenvalue weighted by atomic mass is 16.1. The first-order valence-corrected chi connectivity index (χ1v) is 4.62. The quantitative estimate of drug-likeness (QED) is 0.737. The number of carbonyl (C=O) groups is 2. The Morgan fingerprint density at radius 2 is 1.38 bits per heavy atom. The smallest absolute Gasteiger partial charge is 0.263 e. The van der Waals surface area contributed by atoms with Crippen molar-refractivity contribution >= 4 is 11.6 Å². The van der Waals surface area contributed by atoms with E-state index >= 15 is 0 Å². The normalized spacial score (nSPS) is 9.12. The van der Waals surface area contributed by atoms with Crippen LogP contribution in [0.1, 0.15) is 30.3 Å². The van der Waals surface area contributed by atoms with Crippen LogP contribution < -0.4 is 0 Å². The fourth-order valence-corrected chi connectivity index (χ4v) is 0.891. The third kappa shape index (κ3) is 3.49. The zero-order chi connectivity index (χ0) is 12.0. The number of imidazole rings is 2. The average Bonchev–Trinajstić information content (AvgIpc) is 2.90. The fraction of sp³-hybridized carbons (Fsp3) is 0.200. The summed E-state index contributed by atoms with van der Waals surface area (Å²) >= 11 is 0. The molecule has 0 bridgehead atoms. The topological polar surface area (TPSA) is 91.5 Å². The van der Waals surface area contributed by atoms with Crippen LogP contribution in [0.5, 0.6) is 0 Å². The molecule has 16 heavy (non-hydrogen) atoms. The Bertz CT molecular complexity index is 405. The Morgan fingerprint density at radius 1 is 1.00 bits per heavy atom. The predicted octanol–water partition coefficient (Wildman–Crippen LogP) is 0.959. The Morgan fingerprint density at radius 3 is 1.62 bits per heavy atom. The van der Waals surface area contributed by atoms with Gasteiger partial charge in [-0.05, 0) is 13.8 Å². The summed E-state index contributed by atoms with van der Waals surface area (Å²) < 4.78 is 0. The van der Waals surface area contributed by atoms with Crippen molar-refractivity contribution in [1.29, 1.82) is 0 Å². The van der Waals surface area contributed by atoms with Crippen LogP contribution in [0.3, 0.4) is 0 Å². The summed E-state index contributed by atoms with van der Waals surface area (Å²) in [6.45, 7) is 3.06. The molecule has 0 amide bonds. The van der Waals surface area contributed by atoms with E-state index in [0.29, 0.717) is 11.6 Å². The van der Waals surface area contributed by atoms with Crippen molar-refractivity contribution in [3.63, 3.8) is 0 Å². The first kappa shape index (κ1) is 11.8. The van der Waals surface area contributed by atoms with Crippen LogP contribution in [0.15, 0.2) is 24.8 Å². The zero-order valence-corrected chi connectivity index (χ0v) is 9.02. The number of rotatable bonds is 2. The lowest BCUT2D eigenvalue weighted by Gasteiger charge is -1.89. The maximum Gasteiger partial charge on any atom is 0.263 e. The maximum absolute atomic E-state index is 11.4. The van der Waals surface area contributed by atoms with E-state index in [2.05, 4.69) is 19.9 Å². The summed E-state index contributed by atoms with van der Waals surface area (Å²) in [5.74, 6) is 0.528. The lowest BCUT2D eigenvalue weighted by molar-refractivity contribution is -0.114. The largest absolute Gasteiger partial charge is 0.342 e. The molecule has 0 aliphatic rings. The van der Waals surface area contributed by atoms with Gasteiger partial charge in [0, 0.05) is 24.8 Å². The SMILES string of the molecule is CC(C)=O.O=C(c1ncc[nH]1)c1ncc[nH]1. The van der Waals surface area contributed by atoms with E-state index in [1.165, 1.54) is 26.2 Å². The summed E-state index contributed by atoms with van der Waals surface area (Å²) in [6, 6.07) is 0. The van der Waals surface area contributed by atoms with Crippen molar-refractivity contribution in [2.75, 3.05) is 0 Å².